The molecule has 2 unspecified atom stereocenters. The number of amides is 1. The Morgan fingerprint density at radius 3 is 2.65 bits per heavy atom. The molecule has 0 aliphatic carbocycles. The van der Waals surface area contributed by atoms with Crippen molar-refractivity contribution in [2.45, 2.75) is 39.2 Å². The van der Waals surface area contributed by atoms with E-state index in [1.54, 1.807) is 6.20 Å². The molecule has 0 radical (unpaired) electrons. The Morgan fingerprint density at radius 2 is 2.08 bits per heavy atom. The third-order valence-corrected chi connectivity index (χ3v) is 4.82. The molecule has 2 heterocycles. The molecule has 5 nitrogen and oxygen atoms in total. The summed E-state index contributed by atoms with van der Waals surface area (Å²) in [4.78, 5) is 16.4. The van der Waals surface area contributed by atoms with E-state index in [9.17, 15) is 4.79 Å². The van der Waals surface area contributed by atoms with Crippen molar-refractivity contribution >= 4 is 30.7 Å². The van der Waals surface area contributed by atoms with E-state index in [0.717, 1.165) is 36.6 Å². The number of nitrogens with one attached hydrogen (secondary N) is 2. The van der Waals surface area contributed by atoms with Gasteiger partial charge in [-0.15, -0.1) is 24.8 Å². The van der Waals surface area contributed by atoms with Crippen molar-refractivity contribution in [3.05, 3.63) is 48.0 Å². The van der Waals surface area contributed by atoms with Crippen molar-refractivity contribution in [3.63, 3.8) is 0 Å². The predicted molar refractivity (Wildman–Crippen MR) is 110 cm³/mol. The second-order valence-electron chi connectivity index (χ2n) is 6.62. The molecular weight excluding hydrogens is 371 g/mol. The number of benzene rings is 1. The Bertz CT molecular complexity index is 681. The van der Waals surface area contributed by atoms with Gasteiger partial charge in [0.05, 0.1) is 6.04 Å². The molecule has 2 atom stereocenters. The Hall–Kier alpha value is -1.56. The number of nitrogens with zero attached hydrogens (tertiary/aromatic N) is 2. The Morgan fingerprint density at radius 1 is 1.35 bits per heavy atom. The van der Waals surface area contributed by atoms with Gasteiger partial charge in [-0.1, -0.05) is 12.1 Å². The summed E-state index contributed by atoms with van der Waals surface area (Å²) < 4.78 is 2.04. The van der Waals surface area contributed by atoms with E-state index >= 15 is 0 Å². The van der Waals surface area contributed by atoms with Gasteiger partial charge in [-0.2, -0.15) is 0 Å². The topological polar surface area (TPSA) is 59.0 Å². The molecule has 1 amide bonds. The van der Waals surface area contributed by atoms with Gasteiger partial charge in [0.15, 0.2) is 0 Å². The van der Waals surface area contributed by atoms with Crippen LogP contribution < -0.4 is 10.6 Å². The van der Waals surface area contributed by atoms with Crippen molar-refractivity contribution in [2.75, 3.05) is 13.1 Å². The van der Waals surface area contributed by atoms with E-state index in [0.29, 0.717) is 12.3 Å². The minimum absolute atomic E-state index is 0. The van der Waals surface area contributed by atoms with Crippen molar-refractivity contribution < 1.29 is 4.79 Å². The first-order valence-electron chi connectivity index (χ1n) is 8.74. The number of hydrogen-bond donors (Lipinski definition) is 2. The van der Waals surface area contributed by atoms with Gasteiger partial charge >= 0.3 is 0 Å². The van der Waals surface area contributed by atoms with Crippen LogP contribution in [0.15, 0.2) is 36.7 Å². The molecule has 1 aliphatic heterocycles. The number of imidazole rings is 1. The quantitative estimate of drug-likeness (QED) is 0.781. The lowest BCUT2D eigenvalue weighted by Gasteiger charge is -2.16. The lowest BCUT2D eigenvalue weighted by Crippen LogP contribution is -2.27. The summed E-state index contributed by atoms with van der Waals surface area (Å²) in [5.41, 5.74) is 2.20. The van der Waals surface area contributed by atoms with Crippen LogP contribution in [0.4, 0.5) is 0 Å². The predicted octanol–water partition coefficient (Wildman–Crippen LogP) is 3.59. The van der Waals surface area contributed by atoms with Crippen molar-refractivity contribution in [2.24, 2.45) is 5.92 Å². The first-order valence-corrected chi connectivity index (χ1v) is 8.74. The molecule has 0 bridgehead atoms. The molecule has 0 saturated carbocycles. The average molecular weight is 399 g/mol. The molecule has 3 rings (SSSR count). The highest BCUT2D eigenvalue weighted by atomic mass is 35.5. The second kappa shape index (κ2) is 10.6. The first-order chi connectivity index (χ1) is 11.6. The highest BCUT2D eigenvalue weighted by Crippen LogP contribution is 2.18. The van der Waals surface area contributed by atoms with E-state index in [1.165, 1.54) is 6.42 Å². The van der Waals surface area contributed by atoms with Gasteiger partial charge in [-0.3, -0.25) is 4.79 Å². The third-order valence-electron chi connectivity index (χ3n) is 4.82. The van der Waals surface area contributed by atoms with Crippen LogP contribution in [-0.4, -0.2) is 28.5 Å². The summed E-state index contributed by atoms with van der Waals surface area (Å²) in [6.45, 7) is 6.16. The smallest absolute Gasteiger partial charge is 0.220 e. The number of hydrogen-bond acceptors (Lipinski definition) is 3. The molecular formula is C19H28Cl2N4O. The van der Waals surface area contributed by atoms with Gasteiger partial charge in [-0.25, -0.2) is 4.98 Å². The summed E-state index contributed by atoms with van der Waals surface area (Å²) in [5, 5.41) is 6.45. The molecule has 26 heavy (non-hydrogen) atoms. The fourth-order valence-corrected chi connectivity index (χ4v) is 3.27. The van der Waals surface area contributed by atoms with Crippen molar-refractivity contribution in [1.29, 1.82) is 0 Å². The summed E-state index contributed by atoms with van der Waals surface area (Å²) in [5.74, 6) is 1.76. The van der Waals surface area contributed by atoms with Crippen LogP contribution in [0.3, 0.4) is 0 Å². The van der Waals surface area contributed by atoms with Gasteiger partial charge in [-0.05, 0) is 63.4 Å². The summed E-state index contributed by atoms with van der Waals surface area (Å²) in [7, 11) is 0. The standard InChI is InChI=1S/C19H26N4O.2ClH/c1-14(22-19(24)8-3-16-9-10-20-13-16)17-4-6-18(7-5-17)23-12-11-21-15(23)2;;/h4-7,11-12,14,16,20H,3,8-10,13H2,1-2H3,(H,22,24);2*1H. The highest BCUT2D eigenvalue weighted by molar-refractivity contribution is 5.85. The van der Waals surface area contributed by atoms with E-state index in [-0.39, 0.29) is 36.8 Å². The van der Waals surface area contributed by atoms with Gasteiger partial charge in [0.2, 0.25) is 5.91 Å². The van der Waals surface area contributed by atoms with Gasteiger partial charge in [0, 0.05) is 24.5 Å². The summed E-state index contributed by atoms with van der Waals surface area (Å²) in [6, 6.07) is 8.30. The molecule has 1 aromatic heterocycles. The lowest BCUT2D eigenvalue weighted by atomic mass is 10.0. The average Bonchev–Trinajstić information content (AvgIpc) is 3.24. The molecule has 1 aromatic carbocycles. The molecule has 0 spiro atoms. The van der Waals surface area contributed by atoms with Crippen LogP contribution in [0.5, 0.6) is 0 Å². The number of halogens is 2. The second-order valence-corrected chi connectivity index (χ2v) is 6.62. The van der Waals surface area contributed by atoms with Crippen LogP contribution in [0.2, 0.25) is 0 Å². The molecule has 1 fully saturated rings. The zero-order chi connectivity index (χ0) is 16.9. The zero-order valence-corrected chi connectivity index (χ0v) is 16.9. The third kappa shape index (κ3) is 5.73. The lowest BCUT2D eigenvalue weighted by molar-refractivity contribution is -0.122. The molecule has 2 aromatic rings. The van der Waals surface area contributed by atoms with E-state index in [2.05, 4.69) is 39.9 Å². The monoisotopic (exact) mass is 398 g/mol. The highest BCUT2D eigenvalue weighted by Gasteiger charge is 2.16. The Kier molecular flexibility index (Phi) is 9.13. The maximum atomic E-state index is 12.1. The number of carbonyl (C=O) groups is 1. The maximum absolute atomic E-state index is 12.1. The number of rotatable bonds is 6. The van der Waals surface area contributed by atoms with Crippen molar-refractivity contribution in [1.82, 2.24) is 20.2 Å². The van der Waals surface area contributed by atoms with E-state index < -0.39 is 0 Å². The van der Waals surface area contributed by atoms with Crippen LogP contribution in [-0.2, 0) is 4.79 Å². The van der Waals surface area contributed by atoms with Crippen LogP contribution >= 0.6 is 24.8 Å². The Labute approximate surface area is 167 Å². The fourth-order valence-electron chi connectivity index (χ4n) is 3.27. The molecule has 7 heteroatoms. The van der Waals surface area contributed by atoms with Gasteiger partial charge in [0.25, 0.3) is 0 Å². The van der Waals surface area contributed by atoms with Crippen LogP contribution in [0.25, 0.3) is 5.69 Å². The SMILES string of the molecule is Cc1nccn1-c1ccc(C(C)NC(=O)CCC2CCNC2)cc1.Cl.Cl. The minimum Gasteiger partial charge on any atom is -0.350 e. The Balaban J connectivity index is 0.00000169. The number of aryl methyl sites for hydroxylation is 1. The molecule has 1 aliphatic rings. The van der Waals surface area contributed by atoms with Gasteiger partial charge in [0.1, 0.15) is 5.82 Å². The van der Waals surface area contributed by atoms with E-state index in [1.807, 2.05) is 24.6 Å². The molecule has 144 valence electrons. The van der Waals surface area contributed by atoms with Gasteiger partial charge < -0.3 is 15.2 Å². The summed E-state index contributed by atoms with van der Waals surface area (Å²) in [6.07, 6.45) is 6.53. The minimum atomic E-state index is 0. The number of carbonyl (C=O) groups excluding carboxylic acids is 1. The van der Waals surface area contributed by atoms with E-state index in [4.69, 9.17) is 0 Å². The normalized spacial score (nSPS) is 17.1. The largest absolute Gasteiger partial charge is 0.350 e. The maximum Gasteiger partial charge on any atom is 0.220 e. The molecule has 1 saturated heterocycles. The van der Waals surface area contributed by atoms with Crippen molar-refractivity contribution in [3.8, 4) is 5.69 Å². The number of aromatic nitrogens is 2. The molecule has 2 N–H and O–H groups in total. The van der Waals surface area contributed by atoms with Crippen LogP contribution in [0, 0.1) is 12.8 Å². The fraction of sp³-hybridized carbons (Fsp3) is 0.474. The van der Waals surface area contributed by atoms with Crippen LogP contribution in [0.1, 0.15) is 43.6 Å². The first kappa shape index (κ1) is 22.5. The summed E-state index contributed by atoms with van der Waals surface area (Å²) >= 11 is 0. The zero-order valence-electron chi connectivity index (χ0n) is 15.3.